The van der Waals surface area contributed by atoms with Crippen molar-refractivity contribution in [1.82, 2.24) is 10.2 Å². The standard InChI is InChI=1S/C8H7FO2.C5H12N2/c1-5-2-3-6(8(10)11)4-7(5)9;1-7-4-2-6-3-5-7/h2-4H,1H3,(H,10,11);6H,2-5H2,1H3. The van der Waals surface area contributed by atoms with Crippen molar-refractivity contribution in [3.63, 3.8) is 0 Å². The summed E-state index contributed by atoms with van der Waals surface area (Å²) in [6, 6.07) is 3.83. The third-order valence-corrected chi connectivity index (χ3v) is 2.76. The largest absolute Gasteiger partial charge is 0.478 e. The molecular formula is C13H19FN2O2. The molecule has 0 aliphatic carbocycles. The molecule has 0 amide bonds. The lowest BCUT2D eigenvalue weighted by Gasteiger charge is -2.21. The highest BCUT2D eigenvalue weighted by molar-refractivity contribution is 5.87. The van der Waals surface area contributed by atoms with Crippen molar-refractivity contribution >= 4 is 5.97 Å². The van der Waals surface area contributed by atoms with Crippen LogP contribution in [0.1, 0.15) is 15.9 Å². The minimum Gasteiger partial charge on any atom is -0.478 e. The van der Waals surface area contributed by atoms with Crippen LogP contribution in [0.2, 0.25) is 0 Å². The molecule has 1 heterocycles. The number of benzene rings is 1. The molecule has 5 heteroatoms. The van der Waals surface area contributed by atoms with Crippen LogP contribution in [0, 0.1) is 12.7 Å². The average molecular weight is 254 g/mol. The van der Waals surface area contributed by atoms with Gasteiger partial charge < -0.3 is 15.3 Å². The summed E-state index contributed by atoms with van der Waals surface area (Å²) < 4.78 is 12.7. The molecule has 4 nitrogen and oxygen atoms in total. The van der Waals surface area contributed by atoms with Gasteiger partial charge in [0.05, 0.1) is 5.56 Å². The Hall–Kier alpha value is -1.46. The second kappa shape index (κ2) is 7.08. The number of nitrogens with zero attached hydrogens (tertiary/aromatic N) is 1. The molecule has 18 heavy (non-hydrogen) atoms. The first-order valence-electron chi connectivity index (χ1n) is 5.89. The first-order valence-corrected chi connectivity index (χ1v) is 5.89. The molecule has 2 N–H and O–H groups in total. The summed E-state index contributed by atoms with van der Waals surface area (Å²) >= 11 is 0. The fourth-order valence-corrected chi connectivity index (χ4v) is 1.50. The number of hydrogen-bond acceptors (Lipinski definition) is 3. The summed E-state index contributed by atoms with van der Waals surface area (Å²) in [7, 11) is 2.15. The van der Waals surface area contributed by atoms with E-state index >= 15 is 0 Å². The highest BCUT2D eigenvalue weighted by Crippen LogP contribution is 2.08. The van der Waals surface area contributed by atoms with Crippen molar-refractivity contribution < 1.29 is 14.3 Å². The van der Waals surface area contributed by atoms with E-state index in [1.165, 1.54) is 25.2 Å². The van der Waals surface area contributed by atoms with E-state index in [1.54, 1.807) is 6.92 Å². The van der Waals surface area contributed by atoms with Crippen LogP contribution in [0.5, 0.6) is 0 Å². The maximum atomic E-state index is 12.7. The van der Waals surface area contributed by atoms with E-state index in [4.69, 9.17) is 5.11 Å². The Balaban J connectivity index is 0.000000199. The fraction of sp³-hybridized carbons (Fsp3) is 0.462. The zero-order valence-corrected chi connectivity index (χ0v) is 10.7. The summed E-state index contributed by atoms with van der Waals surface area (Å²) in [5.41, 5.74) is 0.433. The monoisotopic (exact) mass is 254 g/mol. The van der Waals surface area contributed by atoms with Crippen LogP contribution in [0.15, 0.2) is 18.2 Å². The molecule has 0 bridgehead atoms. The van der Waals surface area contributed by atoms with Crippen LogP contribution < -0.4 is 5.32 Å². The van der Waals surface area contributed by atoms with Gasteiger partial charge in [-0.15, -0.1) is 0 Å². The Morgan fingerprint density at radius 1 is 1.39 bits per heavy atom. The molecule has 1 aromatic carbocycles. The lowest BCUT2D eigenvalue weighted by atomic mass is 10.1. The van der Waals surface area contributed by atoms with E-state index in [1.807, 2.05) is 0 Å². The number of carboxylic acids is 1. The fourth-order valence-electron chi connectivity index (χ4n) is 1.50. The molecule has 1 aromatic rings. The van der Waals surface area contributed by atoms with Crippen LogP contribution in [-0.2, 0) is 0 Å². The number of carboxylic acid groups (broad SMARTS) is 1. The Morgan fingerprint density at radius 3 is 2.39 bits per heavy atom. The molecule has 100 valence electrons. The normalized spacial score (nSPS) is 15.7. The number of rotatable bonds is 1. The third-order valence-electron chi connectivity index (χ3n) is 2.76. The van der Waals surface area contributed by atoms with Crippen molar-refractivity contribution in [2.75, 3.05) is 33.2 Å². The van der Waals surface area contributed by atoms with E-state index in [9.17, 15) is 9.18 Å². The number of piperazine rings is 1. The summed E-state index contributed by atoms with van der Waals surface area (Å²) in [6.07, 6.45) is 0. The van der Waals surface area contributed by atoms with Crippen molar-refractivity contribution in [1.29, 1.82) is 0 Å². The zero-order valence-electron chi connectivity index (χ0n) is 10.7. The number of carbonyl (C=O) groups is 1. The molecule has 1 fully saturated rings. The zero-order chi connectivity index (χ0) is 13.5. The van der Waals surface area contributed by atoms with Crippen molar-refractivity contribution in [3.05, 3.63) is 35.1 Å². The van der Waals surface area contributed by atoms with Gasteiger partial charge in [0.15, 0.2) is 0 Å². The van der Waals surface area contributed by atoms with E-state index in [-0.39, 0.29) is 5.56 Å². The van der Waals surface area contributed by atoms with Crippen LogP contribution in [0.25, 0.3) is 0 Å². The SMILES string of the molecule is CN1CCNCC1.Cc1ccc(C(=O)O)cc1F. The van der Waals surface area contributed by atoms with Gasteiger partial charge in [-0.2, -0.15) is 0 Å². The van der Waals surface area contributed by atoms with Gasteiger partial charge in [0.1, 0.15) is 5.82 Å². The van der Waals surface area contributed by atoms with Gasteiger partial charge in [-0.1, -0.05) is 6.07 Å². The van der Waals surface area contributed by atoms with Crippen LogP contribution in [0.3, 0.4) is 0 Å². The lowest BCUT2D eigenvalue weighted by molar-refractivity contribution is 0.0696. The molecule has 0 radical (unpaired) electrons. The van der Waals surface area contributed by atoms with Crippen molar-refractivity contribution in [2.45, 2.75) is 6.92 Å². The average Bonchev–Trinajstić information content (AvgIpc) is 2.34. The number of aryl methyl sites for hydroxylation is 1. The highest BCUT2D eigenvalue weighted by atomic mass is 19.1. The second-order valence-electron chi connectivity index (χ2n) is 4.32. The molecule has 2 rings (SSSR count). The molecule has 1 aliphatic rings. The topological polar surface area (TPSA) is 52.6 Å². The lowest BCUT2D eigenvalue weighted by Crippen LogP contribution is -2.40. The summed E-state index contributed by atoms with van der Waals surface area (Å²) in [4.78, 5) is 12.6. The maximum absolute atomic E-state index is 12.7. The molecular weight excluding hydrogens is 235 g/mol. The summed E-state index contributed by atoms with van der Waals surface area (Å²) in [6.45, 7) is 6.33. The number of likely N-dealkylation sites (N-methyl/N-ethyl adjacent to an activating group) is 1. The van der Waals surface area contributed by atoms with Gasteiger partial charge in [0.2, 0.25) is 0 Å². The van der Waals surface area contributed by atoms with Crippen LogP contribution in [0.4, 0.5) is 4.39 Å². The first kappa shape index (κ1) is 14.6. The summed E-state index contributed by atoms with van der Waals surface area (Å²) in [5.74, 6) is -1.59. The predicted octanol–water partition coefficient (Wildman–Crippen LogP) is 1.35. The Bertz CT molecular complexity index is 404. The molecule has 0 saturated carbocycles. The van der Waals surface area contributed by atoms with Crippen molar-refractivity contribution in [3.8, 4) is 0 Å². The van der Waals surface area contributed by atoms with E-state index in [2.05, 4.69) is 17.3 Å². The Morgan fingerprint density at radius 2 is 2.00 bits per heavy atom. The molecule has 1 saturated heterocycles. The number of halogens is 1. The highest BCUT2D eigenvalue weighted by Gasteiger charge is 2.04. The quantitative estimate of drug-likeness (QED) is 0.794. The number of hydrogen-bond donors (Lipinski definition) is 2. The van der Waals surface area contributed by atoms with Crippen molar-refractivity contribution in [2.24, 2.45) is 0 Å². The van der Waals surface area contributed by atoms with Gasteiger partial charge in [0.25, 0.3) is 0 Å². The minimum absolute atomic E-state index is 0.0203. The van der Waals surface area contributed by atoms with Gasteiger partial charge in [-0.25, -0.2) is 9.18 Å². The van der Waals surface area contributed by atoms with Crippen LogP contribution >= 0.6 is 0 Å². The molecule has 1 aliphatic heterocycles. The van der Waals surface area contributed by atoms with Crippen LogP contribution in [-0.4, -0.2) is 49.2 Å². The Labute approximate surface area is 106 Å². The van der Waals surface area contributed by atoms with Gasteiger partial charge in [-0.05, 0) is 31.7 Å². The second-order valence-corrected chi connectivity index (χ2v) is 4.32. The van der Waals surface area contributed by atoms with E-state index in [0.29, 0.717) is 5.56 Å². The molecule has 0 unspecified atom stereocenters. The van der Waals surface area contributed by atoms with Gasteiger partial charge in [0, 0.05) is 26.2 Å². The van der Waals surface area contributed by atoms with E-state index in [0.717, 1.165) is 19.2 Å². The van der Waals surface area contributed by atoms with Gasteiger partial charge >= 0.3 is 5.97 Å². The summed E-state index contributed by atoms with van der Waals surface area (Å²) in [5, 5.41) is 11.7. The third kappa shape index (κ3) is 4.81. The maximum Gasteiger partial charge on any atom is 0.335 e. The predicted molar refractivity (Wildman–Crippen MR) is 68.5 cm³/mol. The molecule has 0 atom stereocenters. The van der Waals surface area contributed by atoms with Gasteiger partial charge in [-0.3, -0.25) is 0 Å². The first-order chi connectivity index (χ1) is 8.50. The Kier molecular flexibility index (Phi) is 5.74. The minimum atomic E-state index is -1.11. The number of aromatic carboxylic acids is 1. The molecule has 0 aromatic heterocycles. The smallest absolute Gasteiger partial charge is 0.335 e. The number of nitrogens with one attached hydrogen (secondary N) is 1. The molecule has 0 spiro atoms. The van der Waals surface area contributed by atoms with E-state index < -0.39 is 11.8 Å².